The third-order valence-electron chi connectivity index (χ3n) is 4.53. The number of halogens is 4. The Morgan fingerprint density at radius 3 is 1.62 bits per heavy atom. The van der Waals surface area contributed by atoms with Crippen LogP contribution in [0.3, 0.4) is 0 Å². The van der Waals surface area contributed by atoms with Crippen LogP contribution in [0.25, 0.3) is 0 Å². The summed E-state index contributed by atoms with van der Waals surface area (Å²) in [6.07, 6.45) is 3.36. The topological polar surface area (TPSA) is 59.7 Å². The van der Waals surface area contributed by atoms with Crippen LogP contribution in [-0.2, 0) is 13.1 Å². The molecular weight excluding hydrogens is 477 g/mol. The predicted molar refractivity (Wildman–Crippen MR) is 125 cm³/mol. The van der Waals surface area contributed by atoms with Crippen molar-refractivity contribution in [3.63, 3.8) is 0 Å². The van der Waals surface area contributed by atoms with Crippen molar-refractivity contribution in [1.82, 2.24) is 19.6 Å². The third-order valence-corrected chi connectivity index (χ3v) is 5.44. The molecular formula is C21H16Cl2F2N6S. The normalized spacial score (nSPS) is 10.9. The molecule has 0 saturated heterocycles. The second kappa shape index (κ2) is 9.64. The summed E-state index contributed by atoms with van der Waals surface area (Å²) in [5, 5.41) is 15.4. The van der Waals surface area contributed by atoms with Crippen LogP contribution in [0.1, 0.15) is 11.1 Å². The summed E-state index contributed by atoms with van der Waals surface area (Å²) in [6, 6.07) is 12.4. The van der Waals surface area contributed by atoms with Crippen molar-refractivity contribution >= 4 is 52.2 Å². The van der Waals surface area contributed by atoms with E-state index in [1.807, 2.05) is 0 Å². The van der Waals surface area contributed by atoms with Gasteiger partial charge in [0.1, 0.15) is 11.6 Å². The number of hydrogen-bond donors (Lipinski definition) is 2. The average Bonchev–Trinajstić information content (AvgIpc) is 3.37. The Bertz CT molecular complexity index is 1140. The van der Waals surface area contributed by atoms with Crippen LogP contribution in [0.5, 0.6) is 0 Å². The summed E-state index contributed by atoms with van der Waals surface area (Å²) in [5.74, 6) is 0.138. The number of aromatic nitrogens is 4. The van der Waals surface area contributed by atoms with Gasteiger partial charge in [-0.1, -0.05) is 35.3 Å². The first-order valence-corrected chi connectivity index (χ1v) is 10.6. The molecule has 0 unspecified atom stereocenters. The molecule has 2 aromatic heterocycles. The number of nitrogens with one attached hydrogen (secondary N) is 2. The summed E-state index contributed by atoms with van der Waals surface area (Å²) >= 11 is 17.4. The predicted octanol–water partition coefficient (Wildman–Crippen LogP) is 5.57. The molecule has 0 fully saturated rings. The number of rotatable bonds is 6. The van der Waals surface area contributed by atoms with Gasteiger partial charge in [-0.15, -0.1) is 0 Å². The largest absolute Gasteiger partial charge is 0.316 e. The van der Waals surface area contributed by atoms with Gasteiger partial charge in [0.2, 0.25) is 0 Å². The first-order chi connectivity index (χ1) is 15.4. The van der Waals surface area contributed by atoms with Gasteiger partial charge in [-0.05, 0) is 36.5 Å². The fourth-order valence-electron chi connectivity index (χ4n) is 2.99. The summed E-state index contributed by atoms with van der Waals surface area (Å²) in [6.45, 7) is 0.354. The minimum Gasteiger partial charge on any atom is -0.316 e. The molecule has 0 aliphatic carbocycles. The van der Waals surface area contributed by atoms with Gasteiger partial charge in [0.05, 0.1) is 13.1 Å². The summed E-state index contributed by atoms with van der Waals surface area (Å²) in [4.78, 5) is 0. The smallest absolute Gasteiger partial charge is 0.177 e. The number of anilines is 2. The van der Waals surface area contributed by atoms with Crippen molar-refractivity contribution in [1.29, 1.82) is 0 Å². The molecule has 0 spiro atoms. The van der Waals surface area contributed by atoms with Crippen molar-refractivity contribution < 1.29 is 8.78 Å². The van der Waals surface area contributed by atoms with E-state index in [-0.39, 0.29) is 18.2 Å². The SMILES string of the molecule is Fc1cccc(Cl)c1Cn1ccc(NC(=S)Nc2ccn(Cc3c(F)cccc3Cl)n2)n1. The van der Waals surface area contributed by atoms with E-state index in [0.717, 1.165) is 0 Å². The quantitative estimate of drug-likeness (QED) is 0.344. The van der Waals surface area contributed by atoms with E-state index in [2.05, 4.69) is 20.8 Å². The van der Waals surface area contributed by atoms with Crippen molar-refractivity contribution in [3.8, 4) is 0 Å². The second-order valence-electron chi connectivity index (χ2n) is 6.78. The van der Waals surface area contributed by atoms with Gasteiger partial charge >= 0.3 is 0 Å². The number of thiocarbonyl (C=S) groups is 1. The molecule has 164 valence electrons. The highest BCUT2D eigenvalue weighted by Crippen LogP contribution is 2.21. The summed E-state index contributed by atoms with van der Waals surface area (Å²) in [7, 11) is 0. The molecule has 0 amide bonds. The van der Waals surface area contributed by atoms with Crippen molar-refractivity contribution in [2.24, 2.45) is 0 Å². The van der Waals surface area contributed by atoms with Gasteiger partial charge in [0.25, 0.3) is 0 Å². The van der Waals surface area contributed by atoms with E-state index < -0.39 is 11.6 Å². The van der Waals surface area contributed by atoms with E-state index in [1.165, 1.54) is 12.1 Å². The molecule has 4 rings (SSSR count). The van der Waals surface area contributed by atoms with E-state index in [9.17, 15) is 8.78 Å². The van der Waals surface area contributed by atoms with Gasteiger partial charge < -0.3 is 10.6 Å². The number of hydrogen-bond acceptors (Lipinski definition) is 3. The Kier molecular flexibility index (Phi) is 6.69. The van der Waals surface area contributed by atoms with Crippen LogP contribution in [0.15, 0.2) is 60.9 Å². The lowest BCUT2D eigenvalue weighted by Gasteiger charge is -2.08. The first kappa shape index (κ1) is 22.2. The maximum Gasteiger partial charge on any atom is 0.177 e. The van der Waals surface area contributed by atoms with Crippen molar-refractivity contribution in [2.75, 3.05) is 10.6 Å². The first-order valence-electron chi connectivity index (χ1n) is 9.40. The Balaban J connectivity index is 1.36. The lowest BCUT2D eigenvalue weighted by molar-refractivity contribution is 0.586. The molecule has 2 N–H and O–H groups in total. The zero-order valence-electron chi connectivity index (χ0n) is 16.4. The highest BCUT2D eigenvalue weighted by Gasteiger charge is 2.11. The summed E-state index contributed by atoms with van der Waals surface area (Å²) < 4.78 is 31.0. The number of benzene rings is 2. The monoisotopic (exact) mass is 492 g/mol. The molecule has 0 aliphatic rings. The second-order valence-corrected chi connectivity index (χ2v) is 8.00. The van der Waals surface area contributed by atoms with Crippen LogP contribution in [0.4, 0.5) is 20.4 Å². The maximum absolute atomic E-state index is 14.0. The number of nitrogens with zero attached hydrogens (tertiary/aromatic N) is 4. The zero-order chi connectivity index (χ0) is 22.7. The molecule has 0 atom stereocenters. The Morgan fingerprint density at radius 2 is 1.22 bits per heavy atom. The van der Waals surface area contributed by atoms with E-state index in [4.69, 9.17) is 35.4 Å². The molecule has 11 heteroatoms. The highest BCUT2D eigenvalue weighted by molar-refractivity contribution is 7.80. The van der Waals surface area contributed by atoms with Gasteiger partial charge in [-0.3, -0.25) is 9.36 Å². The lowest BCUT2D eigenvalue weighted by atomic mass is 10.2. The molecule has 0 radical (unpaired) electrons. The lowest BCUT2D eigenvalue weighted by Crippen LogP contribution is -2.20. The van der Waals surface area contributed by atoms with Crippen LogP contribution < -0.4 is 10.6 Å². The third kappa shape index (κ3) is 5.24. The fraction of sp³-hybridized carbons (Fsp3) is 0.0952. The molecule has 4 aromatic rings. The van der Waals surface area contributed by atoms with Crippen LogP contribution in [0, 0.1) is 11.6 Å². The maximum atomic E-state index is 14.0. The molecule has 32 heavy (non-hydrogen) atoms. The van der Waals surface area contributed by atoms with Crippen LogP contribution in [0.2, 0.25) is 10.0 Å². The Hall–Kier alpha value is -3.01. The fourth-order valence-corrected chi connectivity index (χ4v) is 3.64. The van der Waals surface area contributed by atoms with E-state index in [1.54, 1.807) is 58.2 Å². The van der Waals surface area contributed by atoms with Crippen LogP contribution in [-0.4, -0.2) is 24.7 Å². The average molecular weight is 493 g/mol. The molecule has 2 aromatic carbocycles. The Morgan fingerprint density at radius 1 is 0.781 bits per heavy atom. The minimum atomic E-state index is -0.396. The van der Waals surface area contributed by atoms with Gasteiger partial charge in [-0.2, -0.15) is 10.2 Å². The minimum absolute atomic E-state index is 0.177. The molecule has 0 saturated carbocycles. The van der Waals surface area contributed by atoms with Gasteiger partial charge in [0, 0.05) is 45.7 Å². The van der Waals surface area contributed by atoms with Gasteiger partial charge in [0.15, 0.2) is 16.7 Å². The summed E-state index contributed by atoms with van der Waals surface area (Å²) in [5.41, 5.74) is 0.704. The highest BCUT2D eigenvalue weighted by atomic mass is 35.5. The molecule has 0 bridgehead atoms. The van der Waals surface area contributed by atoms with E-state index in [0.29, 0.717) is 32.8 Å². The van der Waals surface area contributed by atoms with Crippen molar-refractivity contribution in [2.45, 2.75) is 13.1 Å². The molecule has 2 heterocycles. The van der Waals surface area contributed by atoms with E-state index >= 15 is 0 Å². The molecule has 0 aliphatic heterocycles. The van der Waals surface area contributed by atoms with Gasteiger partial charge in [-0.25, -0.2) is 8.78 Å². The molecule has 6 nitrogen and oxygen atoms in total. The van der Waals surface area contributed by atoms with Crippen LogP contribution >= 0.6 is 35.4 Å². The zero-order valence-corrected chi connectivity index (χ0v) is 18.7. The standard InChI is InChI=1S/C21H16Cl2F2N6S/c22-15-3-1-5-17(24)13(15)11-30-9-7-19(28-30)26-21(32)27-20-8-10-31(29-20)12-14-16(23)4-2-6-18(14)25/h1-10H,11-12H2,(H2,26,27,28,29,32). The van der Waals surface area contributed by atoms with Crippen molar-refractivity contribution in [3.05, 3.63) is 93.7 Å². The Labute approximate surface area is 197 Å².